The van der Waals surface area contributed by atoms with Crippen LogP contribution in [0.5, 0.6) is 5.75 Å². The van der Waals surface area contributed by atoms with Crippen molar-refractivity contribution >= 4 is 28.5 Å². The van der Waals surface area contributed by atoms with Gasteiger partial charge in [0.2, 0.25) is 5.95 Å². The van der Waals surface area contributed by atoms with E-state index in [0.29, 0.717) is 31.6 Å². The van der Waals surface area contributed by atoms with E-state index in [9.17, 15) is 0 Å². The van der Waals surface area contributed by atoms with Crippen molar-refractivity contribution in [3.05, 3.63) is 77.9 Å². The number of anilines is 2. The lowest BCUT2D eigenvalue weighted by atomic mass is 9.93. The van der Waals surface area contributed by atoms with Gasteiger partial charge >= 0.3 is 0 Å². The van der Waals surface area contributed by atoms with Crippen molar-refractivity contribution < 1.29 is 9.47 Å². The van der Waals surface area contributed by atoms with Crippen LogP contribution in [0.2, 0.25) is 0 Å². The largest absolute Gasteiger partial charge is 0.493 e. The summed E-state index contributed by atoms with van der Waals surface area (Å²) >= 11 is 0. The monoisotopic (exact) mass is 483 g/mol. The summed E-state index contributed by atoms with van der Waals surface area (Å²) in [5.74, 6) is 3.36. The molecule has 2 N–H and O–H groups in total. The third-order valence-corrected chi connectivity index (χ3v) is 6.53. The summed E-state index contributed by atoms with van der Waals surface area (Å²) in [6, 6.07) is 16.2. The number of aromatic nitrogens is 2. The Kier molecular flexibility index (Phi) is 7.88. The summed E-state index contributed by atoms with van der Waals surface area (Å²) in [6.45, 7) is 2.67. The number of nitrogens with zero attached hydrogens (tertiary/aromatic N) is 3. The third kappa shape index (κ3) is 5.91. The second kappa shape index (κ2) is 11.8. The number of benzene rings is 2. The van der Waals surface area contributed by atoms with Crippen LogP contribution in [0.4, 0.5) is 11.8 Å². The number of allylic oxidation sites excluding steroid dienone is 2. The maximum absolute atomic E-state index is 6.12. The molecule has 186 valence electrons. The predicted octanol–water partition coefficient (Wildman–Crippen LogP) is 5.76. The zero-order valence-corrected chi connectivity index (χ0v) is 20.7. The Balaban J connectivity index is 1.52. The summed E-state index contributed by atoms with van der Waals surface area (Å²) in [5.41, 5.74) is 3.26. The minimum atomic E-state index is 0.340. The van der Waals surface area contributed by atoms with Crippen LogP contribution in [0.1, 0.15) is 31.2 Å². The second-order valence-electron chi connectivity index (χ2n) is 9.09. The summed E-state index contributed by atoms with van der Waals surface area (Å²) in [6.07, 6.45) is 10.5. The summed E-state index contributed by atoms with van der Waals surface area (Å²) in [4.78, 5) is 14.5. The molecular weight excluding hydrogens is 450 g/mol. The number of para-hydroxylation sites is 2. The molecule has 2 aliphatic heterocycles. The van der Waals surface area contributed by atoms with Gasteiger partial charge in [-0.3, -0.25) is 4.99 Å². The molecule has 0 radical (unpaired) electrons. The average molecular weight is 484 g/mol. The number of nitrogens with one attached hydrogen (secondary N) is 2. The van der Waals surface area contributed by atoms with Gasteiger partial charge in [0.05, 0.1) is 18.7 Å². The van der Waals surface area contributed by atoms with Crippen LogP contribution >= 0.6 is 0 Å². The number of fused-ring (bicyclic) bond motifs is 6. The van der Waals surface area contributed by atoms with Gasteiger partial charge in [-0.2, -0.15) is 4.98 Å². The van der Waals surface area contributed by atoms with Crippen LogP contribution in [0.25, 0.3) is 10.9 Å². The number of ether oxygens (including phenoxy) is 2. The van der Waals surface area contributed by atoms with E-state index in [2.05, 4.69) is 34.9 Å². The topological polar surface area (TPSA) is 80.7 Å². The first-order valence-electron chi connectivity index (χ1n) is 12.7. The van der Waals surface area contributed by atoms with E-state index < -0.39 is 0 Å². The minimum absolute atomic E-state index is 0.340. The van der Waals surface area contributed by atoms with Crippen LogP contribution in [-0.2, 0) is 11.3 Å². The van der Waals surface area contributed by atoms with Gasteiger partial charge in [0.15, 0.2) is 0 Å². The molecule has 0 saturated carbocycles. The van der Waals surface area contributed by atoms with Crippen LogP contribution in [0.3, 0.4) is 0 Å². The molecule has 0 spiro atoms. The first-order valence-corrected chi connectivity index (χ1v) is 12.7. The van der Waals surface area contributed by atoms with E-state index in [4.69, 9.17) is 24.4 Å². The molecule has 7 nitrogen and oxygen atoms in total. The quantitative estimate of drug-likeness (QED) is 0.451. The number of amidine groups is 1. The molecule has 2 aromatic carbocycles. The molecule has 1 atom stereocenters. The lowest BCUT2D eigenvalue weighted by Crippen LogP contribution is -2.15. The maximum atomic E-state index is 6.12. The van der Waals surface area contributed by atoms with E-state index in [1.54, 1.807) is 7.11 Å². The Morgan fingerprint density at radius 1 is 1.06 bits per heavy atom. The molecule has 7 heteroatoms. The van der Waals surface area contributed by atoms with Crippen molar-refractivity contribution in [1.82, 2.24) is 9.97 Å². The molecule has 0 fully saturated rings. The van der Waals surface area contributed by atoms with Crippen LogP contribution in [0, 0.1) is 5.92 Å². The maximum Gasteiger partial charge on any atom is 0.225 e. The van der Waals surface area contributed by atoms with Crippen LogP contribution < -0.4 is 15.4 Å². The Bertz CT molecular complexity index is 1280. The SMILES string of the molecule is COCC1CCN=C2C=C1C/C=C\CCCOc1ccccc1CNc1nc(c3ccccc3n1)N2. The standard InChI is InChI=1S/C29H33N5O2/c1-35-20-23-15-16-30-27-18-21(23)10-4-2-3-9-17-36-26-14-8-5-11-22(26)19-31-29-32-25-13-7-6-12-24(25)28(33-27)34-29/h2,4-8,11-14,18,23H,3,9-10,15-17,19-20H2,1H3,(H2,30,31,32,33,34)/b4-2-. The first-order chi connectivity index (χ1) is 17.8. The smallest absolute Gasteiger partial charge is 0.225 e. The molecule has 3 aromatic rings. The van der Waals surface area contributed by atoms with E-state index in [0.717, 1.165) is 66.1 Å². The minimum Gasteiger partial charge on any atom is -0.493 e. The van der Waals surface area contributed by atoms with Gasteiger partial charge in [-0.05, 0) is 50.0 Å². The van der Waals surface area contributed by atoms with Crippen molar-refractivity contribution in [2.45, 2.75) is 32.2 Å². The van der Waals surface area contributed by atoms with Crippen LogP contribution in [-0.4, -0.2) is 42.7 Å². The second-order valence-corrected chi connectivity index (χ2v) is 9.09. The number of hydrogen-bond acceptors (Lipinski definition) is 7. The van der Waals surface area contributed by atoms with Crippen LogP contribution in [0.15, 0.2) is 77.3 Å². The molecule has 5 rings (SSSR count). The molecule has 0 amide bonds. The van der Waals surface area contributed by atoms with E-state index in [-0.39, 0.29) is 0 Å². The van der Waals surface area contributed by atoms with E-state index in [1.807, 2.05) is 42.5 Å². The zero-order valence-electron chi connectivity index (χ0n) is 20.7. The highest BCUT2D eigenvalue weighted by atomic mass is 16.5. The van der Waals surface area contributed by atoms with Gasteiger partial charge in [-0.1, -0.05) is 48.1 Å². The highest BCUT2D eigenvalue weighted by Crippen LogP contribution is 2.27. The molecule has 4 bridgehead atoms. The molecule has 1 unspecified atom stereocenters. The fraction of sp³-hybridized carbons (Fsp3) is 0.345. The number of hydrogen-bond donors (Lipinski definition) is 2. The number of methoxy groups -OCH3 is 1. The molecule has 1 aromatic heterocycles. The number of aliphatic imine (C=N–C) groups is 1. The molecule has 0 saturated heterocycles. The summed E-state index contributed by atoms with van der Waals surface area (Å²) in [7, 11) is 1.77. The molecule has 3 heterocycles. The average Bonchev–Trinajstić information content (AvgIpc) is 3.09. The van der Waals surface area contributed by atoms with E-state index in [1.165, 1.54) is 5.57 Å². The van der Waals surface area contributed by atoms with Gasteiger partial charge in [-0.15, -0.1) is 0 Å². The lowest BCUT2D eigenvalue weighted by Gasteiger charge is -2.17. The van der Waals surface area contributed by atoms with Crippen molar-refractivity contribution in [1.29, 1.82) is 0 Å². The molecule has 0 aliphatic carbocycles. The fourth-order valence-electron chi connectivity index (χ4n) is 4.62. The predicted molar refractivity (Wildman–Crippen MR) is 146 cm³/mol. The van der Waals surface area contributed by atoms with Crippen molar-refractivity contribution in [3.8, 4) is 5.75 Å². The Labute approximate surface area is 212 Å². The molecular formula is C29H33N5O2. The lowest BCUT2D eigenvalue weighted by molar-refractivity contribution is 0.162. The van der Waals surface area contributed by atoms with Gasteiger partial charge in [0.1, 0.15) is 17.4 Å². The highest BCUT2D eigenvalue weighted by Gasteiger charge is 2.18. The Morgan fingerprint density at radius 3 is 2.89 bits per heavy atom. The fourth-order valence-corrected chi connectivity index (χ4v) is 4.62. The van der Waals surface area contributed by atoms with Crippen molar-refractivity contribution in [2.75, 3.05) is 37.5 Å². The normalized spacial score (nSPS) is 19.6. The Morgan fingerprint density at radius 2 is 1.94 bits per heavy atom. The highest BCUT2D eigenvalue weighted by molar-refractivity contribution is 6.08. The van der Waals surface area contributed by atoms with E-state index >= 15 is 0 Å². The van der Waals surface area contributed by atoms with Gasteiger partial charge in [-0.25, -0.2) is 4.98 Å². The van der Waals surface area contributed by atoms with Gasteiger partial charge in [0, 0.05) is 37.1 Å². The first kappa shape index (κ1) is 24.0. The van der Waals surface area contributed by atoms with Crippen molar-refractivity contribution in [2.24, 2.45) is 10.9 Å². The number of rotatable bonds is 2. The van der Waals surface area contributed by atoms with Gasteiger partial charge < -0.3 is 20.1 Å². The third-order valence-electron chi connectivity index (χ3n) is 6.53. The van der Waals surface area contributed by atoms with Gasteiger partial charge in [0.25, 0.3) is 0 Å². The van der Waals surface area contributed by atoms with Crippen molar-refractivity contribution in [3.63, 3.8) is 0 Å². The zero-order chi connectivity index (χ0) is 24.6. The molecule has 36 heavy (non-hydrogen) atoms. The molecule has 2 aliphatic rings. The summed E-state index contributed by atoms with van der Waals surface area (Å²) < 4.78 is 11.7. The Hall–Kier alpha value is -3.71. The summed E-state index contributed by atoms with van der Waals surface area (Å²) in [5, 5.41) is 7.87.